The minimum Gasteiger partial charge on any atom is -0.496 e. The summed E-state index contributed by atoms with van der Waals surface area (Å²) in [6, 6.07) is 5.36. The zero-order chi connectivity index (χ0) is 19.1. The number of ether oxygens (including phenoxy) is 4. The highest BCUT2D eigenvalue weighted by atomic mass is 16.5. The number of hydrogen-bond acceptors (Lipinski definition) is 5. The molecule has 0 amide bonds. The van der Waals surface area contributed by atoms with E-state index in [1.807, 2.05) is 6.07 Å². The summed E-state index contributed by atoms with van der Waals surface area (Å²) in [5.74, 6) is 2.35. The van der Waals surface area contributed by atoms with Crippen LogP contribution in [0.15, 0.2) is 18.2 Å². The van der Waals surface area contributed by atoms with E-state index in [4.69, 9.17) is 18.9 Å². The van der Waals surface area contributed by atoms with E-state index in [-0.39, 0.29) is 5.78 Å². The number of rotatable bonds is 10. The van der Waals surface area contributed by atoms with Gasteiger partial charge < -0.3 is 18.9 Å². The van der Waals surface area contributed by atoms with Crippen LogP contribution in [0, 0.1) is 0 Å². The number of unbranched alkanes of at least 4 members (excludes halogenated alkanes) is 3. The van der Waals surface area contributed by atoms with Gasteiger partial charge in [0.15, 0.2) is 5.78 Å². The van der Waals surface area contributed by atoms with Gasteiger partial charge in [-0.15, -0.1) is 0 Å². The Morgan fingerprint density at radius 1 is 0.808 bits per heavy atom. The Kier molecular flexibility index (Phi) is 7.13. The van der Waals surface area contributed by atoms with Gasteiger partial charge in [-0.05, 0) is 24.6 Å². The highest BCUT2D eigenvalue weighted by Gasteiger charge is 2.23. The second-order valence-electron chi connectivity index (χ2n) is 6.11. The van der Waals surface area contributed by atoms with E-state index < -0.39 is 0 Å². The van der Waals surface area contributed by atoms with Gasteiger partial charge in [-0.2, -0.15) is 0 Å². The molecule has 0 fully saturated rings. The summed E-state index contributed by atoms with van der Waals surface area (Å²) >= 11 is 0. The molecule has 5 heteroatoms. The quantitative estimate of drug-likeness (QED) is 0.439. The van der Waals surface area contributed by atoms with Crippen molar-refractivity contribution in [2.45, 2.75) is 39.0 Å². The van der Waals surface area contributed by atoms with Crippen LogP contribution in [0.5, 0.6) is 23.0 Å². The number of carbonyl (C=O) groups is 1. The van der Waals surface area contributed by atoms with Gasteiger partial charge in [0.25, 0.3) is 0 Å². The summed E-state index contributed by atoms with van der Waals surface area (Å²) in [7, 11) is 6.33. The van der Waals surface area contributed by atoms with Crippen molar-refractivity contribution in [3.63, 3.8) is 0 Å². The van der Waals surface area contributed by atoms with Crippen molar-refractivity contribution in [1.29, 1.82) is 0 Å². The lowest BCUT2D eigenvalue weighted by Gasteiger charge is -2.18. The molecule has 2 aromatic carbocycles. The number of ketones is 1. The zero-order valence-corrected chi connectivity index (χ0v) is 16.3. The summed E-state index contributed by atoms with van der Waals surface area (Å²) in [6.07, 6.45) is 4.67. The molecule has 0 spiro atoms. The van der Waals surface area contributed by atoms with Gasteiger partial charge in [-0.25, -0.2) is 0 Å². The van der Waals surface area contributed by atoms with Crippen molar-refractivity contribution < 1.29 is 23.7 Å². The first-order chi connectivity index (χ1) is 12.6. The molecule has 2 aromatic rings. The van der Waals surface area contributed by atoms with E-state index in [9.17, 15) is 4.79 Å². The van der Waals surface area contributed by atoms with Gasteiger partial charge in [0.05, 0.1) is 44.8 Å². The van der Waals surface area contributed by atoms with Gasteiger partial charge in [0.1, 0.15) is 23.0 Å². The molecule has 26 heavy (non-hydrogen) atoms. The van der Waals surface area contributed by atoms with E-state index in [0.29, 0.717) is 40.4 Å². The second kappa shape index (κ2) is 9.32. The Balaban J connectivity index is 2.63. The van der Waals surface area contributed by atoms with Crippen LogP contribution in [0.4, 0.5) is 0 Å². The molecule has 0 aliphatic carbocycles. The summed E-state index contributed by atoms with van der Waals surface area (Å²) < 4.78 is 22.2. The number of Topliss-reactive ketones (excluding diaryl/α,β-unsaturated/α-hetero) is 1. The fourth-order valence-corrected chi connectivity index (χ4v) is 3.21. The zero-order valence-electron chi connectivity index (χ0n) is 16.3. The van der Waals surface area contributed by atoms with Crippen molar-refractivity contribution >= 4 is 16.6 Å². The Hall–Kier alpha value is -2.43. The van der Waals surface area contributed by atoms with Crippen LogP contribution in [-0.2, 0) is 0 Å². The lowest BCUT2D eigenvalue weighted by molar-refractivity contribution is 0.0976. The Morgan fingerprint density at radius 3 is 1.96 bits per heavy atom. The standard InChI is InChI=1S/C21H28O5/c1-6-7-8-9-10-15(22)14-13-18(25-4)19-16(23-2)11-12-17(24-3)20(19)21(14)26-5/h11-13H,6-10H2,1-5H3. The summed E-state index contributed by atoms with van der Waals surface area (Å²) in [4.78, 5) is 12.8. The lowest BCUT2D eigenvalue weighted by atomic mass is 9.97. The minimum absolute atomic E-state index is 0.0445. The highest BCUT2D eigenvalue weighted by Crippen LogP contribution is 2.46. The number of fused-ring (bicyclic) bond motifs is 1. The molecule has 0 atom stereocenters. The summed E-state index contributed by atoms with van der Waals surface area (Å²) in [5.41, 5.74) is 0.514. The second-order valence-corrected chi connectivity index (χ2v) is 6.11. The fourth-order valence-electron chi connectivity index (χ4n) is 3.21. The third-order valence-electron chi connectivity index (χ3n) is 4.54. The average Bonchev–Trinajstić information content (AvgIpc) is 2.68. The van der Waals surface area contributed by atoms with Crippen molar-refractivity contribution in [3.8, 4) is 23.0 Å². The third kappa shape index (κ3) is 3.87. The lowest BCUT2D eigenvalue weighted by Crippen LogP contribution is -2.05. The van der Waals surface area contributed by atoms with Gasteiger partial charge in [0, 0.05) is 6.42 Å². The molecular formula is C21H28O5. The predicted molar refractivity (Wildman–Crippen MR) is 103 cm³/mol. The van der Waals surface area contributed by atoms with Crippen LogP contribution in [0.3, 0.4) is 0 Å². The van der Waals surface area contributed by atoms with E-state index in [1.54, 1.807) is 40.6 Å². The van der Waals surface area contributed by atoms with E-state index in [1.165, 1.54) is 0 Å². The van der Waals surface area contributed by atoms with Crippen LogP contribution < -0.4 is 18.9 Å². The van der Waals surface area contributed by atoms with E-state index in [0.717, 1.165) is 31.1 Å². The normalized spacial score (nSPS) is 10.7. The van der Waals surface area contributed by atoms with Crippen LogP contribution >= 0.6 is 0 Å². The molecule has 0 unspecified atom stereocenters. The SMILES string of the molecule is CCCCCCC(=O)c1cc(OC)c2c(OC)ccc(OC)c2c1OC. The molecular weight excluding hydrogens is 332 g/mol. The molecule has 0 saturated heterocycles. The van der Waals surface area contributed by atoms with Crippen LogP contribution in [0.2, 0.25) is 0 Å². The van der Waals surface area contributed by atoms with Crippen molar-refractivity contribution in [1.82, 2.24) is 0 Å². The molecule has 5 nitrogen and oxygen atoms in total. The number of hydrogen-bond donors (Lipinski definition) is 0. The monoisotopic (exact) mass is 360 g/mol. The predicted octanol–water partition coefficient (Wildman–Crippen LogP) is 5.03. The maximum absolute atomic E-state index is 12.8. The Morgan fingerprint density at radius 2 is 1.42 bits per heavy atom. The maximum Gasteiger partial charge on any atom is 0.166 e. The topological polar surface area (TPSA) is 54.0 Å². The van der Waals surface area contributed by atoms with Gasteiger partial charge in [-0.3, -0.25) is 4.79 Å². The highest BCUT2D eigenvalue weighted by molar-refractivity contribution is 6.10. The molecule has 0 radical (unpaired) electrons. The third-order valence-corrected chi connectivity index (χ3v) is 4.54. The minimum atomic E-state index is 0.0445. The number of benzene rings is 2. The molecule has 0 N–H and O–H groups in total. The van der Waals surface area contributed by atoms with Crippen LogP contribution in [0.1, 0.15) is 49.4 Å². The fraction of sp³-hybridized carbons (Fsp3) is 0.476. The maximum atomic E-state index is 12.8. The van der Waals surface area contributed by atoms with Crippen LogP contribution in [-0.4, -0.2) is 34.2 Å². The summed E-state index contributed by atoms with van der Waals surface area (Å²) in [6.45, 7) is 2.15. The van der Waals surface area contributed by atoms with E-state index in [2.05, 4.69) is 6.92 Å². The first-order valence-electron chi connectivity index (χ1n) is 8.95. The van der Waals surface area contributed by atoms with Gasteiger partial charge >= 0.3 is 0 Å². The first kappa shape index (κ1) is 19.9. The van der Waals surface area contributed by atoms with E-state index >= 15 is 0 Å². The molecule has 0 aliphatic rings. The van der Waals surface area contributed by atoms with Crippen molar-refractivity contribution in [3.05, 3.63) is 23.8 Å². The van der Waals surface area contributed by atoms with Crippen molar-refractivity contribution in [2.75, 3.05) is 28.4 Å². The number of methoxy groups -OCH3 is 4. The number of carbonyl (C=O) groups excluding carboxylic acids is 1. The smallest absolute Gasteiger partial charge is 0.166 e. The first-order valence-corrected chi connectivity index (χ1v) is 8.95. The largest absolute Gasteiger partial charge is 0.496 e. The molecule has 0 heterocycles. The molecule has 0 saturated carbocycles. The van der Waals surface area contributed by atoms with Crippen LogP contribution in [0.25, 0.3) is 10.8 Å². The molecule has 142 valence electrons. The van der Waals surface area contributed by atoms with Gasteiger partial charge in [-0.1, -0.05) is 26.2 Å². The van der Waals surface area contributed by atoms with Crippen molar-refractivity contribution in [2.24, 2.45) is 0 Å². The molecule has 0 bridgehead atoms. The Labute approximate surface area is 155 Å². The van der Waals surface area contributed by atoms with Gasteiger partial charge in [0.2, 0.25) is 0 Å². The summed E-state index contributed by atoms with van der Waals surface area (Å²) in [5, 5.41) is 1.42. The molecule has 0 aliphatic heterocycles. The molecule has 2 rings (SSSR count). The average molecular weight is 360 g/mol. The molecule has 0 aromatic heterocycles. The Bertz CT molecular complexity index is 767.